The average molecular weight is 283 g/mol. The largest absolute Gasteiger partial charge is 0.481 e. The molecule has 0 spiro atoms. The lowest BCUT2D eigenvalue weighted by molar-refractivity contribution is -0.137. The summed E-state index contributed by atoms with van der Waals surface area (Å²) in [6.45, 7) is 3.00. The molecule has 0 radical (unpaired) electrons. The summed E-state index contributed by atoms with van der Waals surface area (Å²) in [6, 6.07) is 0. The first-order valence-corrected chi connectivity index (χ1v) is 7.06. The van der Waals surface area contributed by atoms with Gasteiger partial charge in [-0.15, -0.1) is 5.92 Å². The number of rotatable bonds is 11. The van der Waals surface area contributed by atoms with Crippen molar-refractivity contribution >= 4 is 11.9 Å². The smallest absolute Gasteiger partial charge is 0.303 e. The Morgan fingerprint density at radius 2 is 1.95 bits per heavy atom. The van der Waals surface area contributed by atoms with Crippen molar-refractivity contribution < 1.29 is 19.4 Å². The third-order valence-corrected chi connectivity index (χ3v) is 2.78. The molecule has 3 N–H and O–H groups in total. The zero-order chi connectivity index (χ0) is 15.2. The Balaban J connectivity index is 3.36. The number of unbranched alkanes of at least 4 members (excludes halogenated alkanes) is 3. The highest BCUT2D eigenvalue weighted by atomic mass is 16.5. The highest BCUT2D eigenvalue weighted by Gasteiger charge is 2.03. The summed E-state index contributed by atoms with van der Waals surface area (Å²) in [4.78, 5) is 20.9. The molecule has 5 heteroatoms. The number of carboxylic acid groups (broad SMARTS) is 1. The van der Waals surface area contributed by atoms with E-state index >= 15 is 0 Å². The number of hydrogen-bond donors (Lipinski definition) is 2. The van der Waals surface area contributed by atoms with Crippen LogP contribution in [0.15, 0.2) is 0 Å². The van der Waals surface area contributed by atoms with E-state index in [0.29, 0.717) is 32.0 Å². The number of amides is 1. The summed E-state index contributed by atoms with van der Waals surface area (Å²) in [7, 11) is 0. The molecule has 0 saturated carbocycles. The maximum Gasteiger partial charge on any atom is 0.303 e. The van der Waals surface area contributed by atoms with Crippen LogP contribution in [0, 0.1) is 17.8 Å². The van der Waals surface area contributed by atoms with Crippen LogP contribution in [0.5, 0.6) is 0 Å². The van der Waals surface area contributed by atoms with Crippen LogP contribution in [-0.4, -0.2) is 30.2 Å². The molecule has 1 amide bonds. The fraction of sp³-hybridized carbons (Fsp3) is 0.733. The number of primary amides is 1. The van der Waals surface area contributed by atoms with E-state index < -0.39 is 5.97 Å². The molecule has 5 nitrogen and oxygen atoms in total. The molecule has 0 fully saturated rings. The van der Waals surface area contributed by atoms with Crippen molar-refractivity contribution in [1.29, 1.82) is 0 Å². The van der Waals surface area contributed by atoms with E-state index in [9.17, 15) is 9.59 Å². The van der Waals surface area contributed by atoms with E-state index in [-0.39, 0.29) is 12.3 Å². The van der Waals surface area contributed by atoms with Crippen LogP contribution >= 0.6 is 0 Å². The number of carbonyl (C=O) groups is 2. The van der Waals surface area contributed by atoms with E-state index in [0.717, 1.165) is 25.7 Å². The van der Waals surface area contributed by atoms with E-state index in [1.54, 1.807) is 0 Å². The maximum atomic E-state index is 10.6. The molecule has 0 aromatic rings. The molecule has 20 heavy (non-hydrogen) atoms. The molecule has 0 rings (SSSR count). The quantitative estimate of drug-likeness (QED) is 0.448. The third kappa shape index (κ3) is 14.5. The summed E-state index contributed by atoms with van der Waals surface area (Å²) in [6.07, 6.45) is 4.69. The summed E-state index contributed by atoms with van der Waals surface area (Å²) >= 11 is 0. The Morgan fingerprint density at radius 1 is 1.20 bits per heavy atom. The normalized spacial score (nSPS) is 11.4. The molecular formula is C15H25NO4. The maximum absolute atomic E-state index is 10.6. The first-order valence-electron chi connectivity index (χ1n) is 7.06. The van der Waals surface area contributed by atoms with Gasteiger partial charge in [0.2, 0.25) is 5.91 Å². The van der Waals surface area contributed by atoms with Crippen molar-refractivity contribution in [3.63, 3.8) is 0 Å². The van der Waals surface area contributed by atoms with Gasteiger partial charge < -0.3 is 15.6 Å². The van der Waals surface area contributed by atoms with Crippen molar-refractivity contribution in [2.45, 2.75) is 51.9 Å². The molecule has 0 bridgehead atoms. The van der Waals surface area contributed by atoms with E-state index in [1.165, 1.54) is 0 Å². The average Bonchev–Trinajstić information content (AvgIpc) is 2.38. The second-order valence-electron chi connectivity index (χ2n) is 4.93. The molecular weight excluding hydrogens is 258 g/mol. The van der Waals surface area contributed by atoms with Gasteiger partial charge in [-0.05, 0) is 25.2 Å². The lowest BCUT2D eigenvalue weighted by atomic mass is 10.1. The standard InChI is InChI=1S/C15H25NO4/c1-13(9-10-14(16)17)12-20-11-7-5-3-2-4-6-8-15(18)19/h13H,2-4,6,8-12H2,1H3,(H2,16,17)(H,18,19)/t13-/m0/s1. The number of carboxylic acids is 1. The minimum absolute atomic E-state index is 0.236. The van der Waals surface area contributed by atoms with Gasteiger partial charge in [-0.2, -0.15) is 0 Å². The summed E-state index contributed by atoms with van der Waals surface area (Å²) in [5.41, 5.74) is 5.07. The van der Waals surface area contributed by atoms with Gasteiger partial charge >= 0.3 is 5.97 Å². The number of hydrogen-bond acceptors (Lipinski definition) is 3. The van der Waals surface area contributed by atoms with Crippen LogP contribution in [0.1, 0.15) is 51.9 Å². The van der Waals surface area contributed by atoms with Gasteiger partial charge in [-0.3, -0.25) is 9.59 Å². The molecule has 0 heterocycles. The Kier molecular flexibility index (Phi) is 11.5. The fourth-order valence-electron chi connectivity index (χ4n) is 1.59. The van der Waals surface area contributed by atoms with Crippen LogP contribution in [0.4, 0.5) is 0 Å². The number of ether oxygens (including phenoxy) is 1. The zero-order valence-corrected chi connectivity index (χ0v) is 12.2. The van der Waals surface area contributed by atoms with E-state index in [1.807, 2.05) is 6.92 Å². The molecule has 0 aliphatic carbocycles. The molecule has 0 aromatic heterocycles. The Hall–Kier alpha value is -1.54. The molecule has 0 saturated heterocycles. The van der Waals surface area contributed by atoms with Gasteiger partial charge in [0.1, 0.15) is 6.61 Å². The van der Waals surface area contributed by atoms with Gasteiger partial charge in [0, 0.05) is 19.3 Å². The first-order chi connectivity index (χ1) is 9.52. The lowest BCUT2D eigenvalue weighted by Crippen LogP contribution is -2.14. The van der Waals surface area contributed by atoms with Crippen LogP contribution in [0.3, 0.4) is 0 Å². The van der Waals surface area contributed by atoms with Gasteiger partial charge in [0.15, 0.2) is 0 Å². The molecule has 0 aliphatic heterocycles. The van der Waals surface area contributed by atoms with Crippen molar-refractivity contribution in [1.82, 2.24) is 0 Å². The van der Waals surface area contributed by atoms with Crippen molar-refractivity contribution in [2.24, 2.45) is 11.7 Å². The number of carbonyl (C=O) groups excluding carboxylic acids is 1. The summed E-state index contributed by atoms with van der Waals surface area (Å²) < 4.78 is 5.38. The predicted octanol–water partition coefficient (Wildman–Crippen LogP) is 1.94. The minimum atomic E-state index is -0.741. The second-order valence-corrected chi connectivity index (χ2v) is 4.93. The van der Waals surface area contributed by atoms with Gasteiger partial charge in [-0.25, -0.2) is 0 Å². The molecule has 0 aromatic carbocycles. The Morgan fingerprint density at radius 3 is 2.60 bits per heavy atom. The second kappa shape index (κ2) is 12.5. The highest BCUT2D eigenvalue weighted by molar-refractivity contribution is 5.73. The van der Waals surface area contributed by atoms with Crippen LogP contribution in [-0.2, 0) is 14.3 Å². The van der Waals surface area contributed by atoms with E-state index in [2.05, 4.69) is 11.8 Å². The van der Waals surface area contributed by atoms with Gasteiger partial charge in [0.05, 0.1) is 6.61 Å². The van der Waals surface area contributed by atoms with Crippen molar-refractivity contribution in [3.8, 4) is 11.8 Å². The monoisotopic (exact) mass is 283 g/mol. The number of nitrogens with two attached hydrogens (primary N) is 1. The summed E-state index contributed by atoms with van der Waals surface area (Å²) in [5.74, 6) is 5.21. The molecule has 114 valence electrons. The number of aliphatic carboxylic acids is 1. The zero-order valence-electron chi connectivity index (χ0n) is 12.2. The van der Waals surface area contributed by atoms with Crippen LogP contribution < -0.4 is 5.73 Å². The molecule has 0 unspecified atom stereocenters. The van der Waals surface area contributed by atoms with Gasteiger partial charge in [0.25, 0.3) is 0 Å². The fourth-order valence-corrected chi connectivity index (χ4v) is 1.59. The third-order valence-electron chi connectivity index (χ3n) is 2.78. The predicted molar refractivity (Wildman–Crippen MR) is 76.9 cm³/mol. The van der Waals surface area contributed by atoms with Crippen molar-refractivity contribution in [2.75, 3.05) is 13.2 Å². The van der Waals surface area contributed by atoms with Gasteiger partial charge in [-0.1, -0.05) is 19.3 Å². The lowest BCUT2D eigenvalue weighted by Gasteiger charge is -2.08. The topological polar surface area (TPSA) is 89.6 Å². The molecule has 0 aliphatic rings. The summed E-state index contributed by atoms with van der Waals surface area (Å²) in [5, 5.41) is 8.46. The Bertz CT molecular complexity index is 344. The van der Waals surface area contributed by atoms with E-state index in [4.69, 9.17) is 15.6 Å². The Labute approximate surface area is 120 Å². The highest BCUT2D eigenvalue weighted by Crippen LogP contribution is 2.05. The van der Waals surface area contributed by atoms with Crippen LogP contribution in [0.25, 0.3) is 0 Å². The van der Waals surface area contributed by atoms with Crippen molar-refractivity contribution in [3.05, 3.63) is 0 Å². The SMILES string of the molecule is C[C@@H](CCC(N)=O)COCC#CCCCCCC(=O)O. The first kappa shape index (κ1) is 18.5. The minimum Gasteiger partial charge on any atom is -0.481 e. The molecule has 1 atom stereocenters. The van der Waals surface area contributed by atoms with Crippen LogP contribution in [0.2, 0.25) is 0 Å².